The van der Waals surface area contributed by atoms with Crippen LogP contribution in [0.2, 0.25) is 0 Å². The van der Waals surface area contributed by atoms with E-state index in [-0.39, 0.29) is 5.75 Å². The zero-order valence-electron chi connectivity index (χ0n) is 12.3. The van der Waals surface area contributed by atoms with E-state index < -0.39 is 10.1 Å². The number of para-hydroxylation sites is 2. The Balaban J connectivity index is 1.81. The number of benzene rings is 2. The van der Waals surface area contributed by atoms with E-state index >= 15 is 0 Å². The monoisotopic (exact) mass is 317 g/mol. The van der Waals surface area contributed by atoms with Gasteiger partial charge in [-0.05, 0) is 36.1 Å². The van der Waals surface area contributed by atoms with E-state index in [0.29, 0.717) is 12.8 Å². The second-order valence-corrected chi connectivity index (χ2v) is 7.15. The molecule has 0 bridgehead atoms. The molecule has 0 atom stereocenters. The third-order valence-corrected chi connectivity index (χ3v) is 4.78. The minimum absolute atomic E-state index is 0.176. The quantitative estimate of drug-likeness (QED) is 0.678. The molecule has 0 radical (unpaired) electrons. The lowest BCUT2D eigenvalue weighted by Crippen LogP contribution is -2.24. The predicted octanol–water partition coefficient (Wildman–Crippen LogP) is 3.40. The number of unbranched alkanes of at least 4 members (excludes halogenated alkanes) is 1. The molecule has 0 aliphatic carbocycles. The van der Waals surface area contributed by atoms with Gasteiger partial charge in [-0.15, -0.1) is 0 Å². The molecule has 1 heterocycles. The van der Waals surface area contributed by atoms with Crippen molar-refractivity contribution in [1.29, 1.82) is 0 Å². The topological polar surface area (TPSA) is 57.6 Å². The van der Waals surface area contributed by atoms with Crippen LogP contribution in [0.4, 0.5) is 11.4 Å². The van der Waals surface area contributed by atoms with Gasteiger partial charge in [-0.1, -0.05) is 36.4 Å². The second kappa shape index (κ2) is 6.10. The minimum atomic E-state index is -3.87. The van der Waals surface area contributed by atoms with Crippen molar-refractivity contribution in [1.82, 2.24) is 0 Å². The maximum Gasteiger partial charge on any atom is 0.264 e. The standard InChI is InChI=1S/C17H19NO3S/c19-22(20,21)12-6-5-11-18-16-9-3-1-7-14(16)13-15-8-2-4-10-17(15)18/h1-4,7-10H,5-6,11-13H2,(H,19,20,21). The molecule has 1 aliphatic rings. The molecule has 0 saturated heterocycles. The molecule has 3 rings (SSSR count). The van der Waals surface area contributed by atoms with Crippen LogP contribution >= 0.6 is 0 Å². The number of anilines is 2. The summed E-state index contributed by atoms with van der Waals surface area (Å²) in [6.45, 7) is 0.740. The zero-order chi connectivity index (χ0) is 15.6. The number of hydrogen-bond acceptors (Lipinski definition) is 3. The van der Waals surface area contributed by atoms with E-state index in [4.69, 9.17) is 4.55 Å². The molecule has 0 aromatic heterocycles. The number of nitrogens with zero attached hydrogens (tertiary/aromatic N) is 1. The van der Waals surface area contributed by atoms with Gasteiger partial charge in [-0.2, -0.15) is 8.42 Å². The number of fused-ring (bicyclic) bond motifs is 2. The van der Waals surface area contributed by atoms with Gasteiger partial charge in [0.15, 0.2) is 0 Å². The molecular formula is C17H19NO3S. The Morgan fingerprint density at radius 1 is 0.909 bits per heavy atom. The minimum Gasteiger partial charge on any atom is -0.341 e. The van der Waals surface area contributed by atoms with Crippen molar-refractivity contribution in [3.05, 3.63) is 59.7 Å². The summed E-state index contributed by atoms with van der Waals surface area (Å²) in [5.41, 5.74) is 4.95. The Kier molecular flexibility index (Phi) is 4.18. The molecular weight excluding hydrogens is 298 g/mol. The van der Waals surface area contributed by atoms with E-state index in [2.05, 4.69) is 29.2 Å². The largest absolute Gasteiger partial charge is 0.341 e. The fraction of sp³-hybridized carbons (Fsp3) is 0.294. The number of hydrogen-bond donors (Lipinski definition) is 1. The second-order valence-electron chi connectivity index (χ2n) is 5.58. The molecule has 0 spiro atoms. The Hall–Kier alpha value is -1.85. The summed E-state index contributed by atoms with van der Waals surface area (Å²) in [7, 11) is -3.87. The average Bonchev–Trinajstić information content (AvgIpc) is 2.49. The van der Waals surface area contributed by atoms with Gasteiger partial charge >= 0.3 is 0 Å². The lowest BCUT2D eigenvalue weighted by molar-refractivity contribution is 0.480. The summed E-state index contributed by atoms with van der Waals surface area (Å²) >= 11 is 0. The van der Waals surface area contributed by atoms with Crippen molar-refractivity contribution < 1.29 is 13.0 Å². The maximum absolute atomic E-state index is 10.8. The molecule has 0 fully saturated rings. The highest BCUT2D eigenvalue weighted by molar-refractivity contribution is 7.85. The summed E-state index contributed by atoms with van der Waals surface area (Å²) in [5.74, 6) is -0.176. The van der Waals surface area contributed by atoms with Gasteiger partial charge in [0.1, 0.15) is 0 Å². The first-order valence-electron chi connectivity index (χ1n) is 7.43. The highest BCUT2D eigenvalue weighted by atomic mass is 32.2. The summed E-state index contributed by atoms with van der Waals surface area (Å²) in [6.07, 6.45) is 2.09. The molecule has 5 heteroatoms. The Morgan fingerprint density at radius 2 is 1.45 bits per heavy atom. The average molecular weight is 317 g/mol. The van der Waals surface area contributed by atoms with Crippen LogP contribution in [0.1, 0.15) is 24.0 Å². The molecule has 0 unspecified atom stereocenters. The van der Waals surface area contributed by atoms with Crippen molar-refractivity contribution in [2.45, 2.75) is 19.3 Å². The van der Waals surface area contributed by atoms with Crippen molar-refractivity contribution in [3.8, 4) is 0 Å². The van der Waals surface area contributed by atoms with Crippen LogP contribution in [0.5, 0.6) is 0 Å². The summed E-state index contributed by atoms with van der Waals surface area (Å²) in [4.78, 5) is 2.25. The van der Waals surface area contributed by atoms with Gasteiger partial charge in [0.25, 0.3) is 10.1 Å². The van der Waals surface area contributed by atoms with Crippen LogP contribution in [0.15, 0.2) is 48.5 Å². The first kappa shape index (κ1) is 15.1. The van der Waals surface area contributed by atoms with Crippen LogP contribution in [-0.2, 0) is 16.5 Å². The van der Waals surface area contributed by atoms with Crippen LogP contribution < -0.4 is 4.90 Å². The van der Waals surface area contributed by atoms with Crippen LogP contribution in [0, 0.1) is 0 Å². The van der Waals surface area contributed by atoms with Crippen LogP contribution in [0.3, 0.4) is 0 Å². The smallest absolute Gasteiger partial charge is 0.264 e. The van der Waals surface area contributed by atoms with E-state index in [1.54, 1.807) is 0 Å². The van der Waals surface area contributed by atoms with Crippen molar-refractivity contribution in [2.75, 3.05) is 17.2 Å². The van der Waals surface area contributed by atoms with E-state index in [9.17, 15) is 8.42 Å². The molecule has 116 valence electrons. The molecule has 2 aromatic carbocycles. The van der Waals surface area contributed by atoms with E-state index in [1.165, 1.54) is 22.5 Å². The van der Waals surface area contributed by atoms with Crippen molar-refractivity contribution in [3.63, 3.8) is 0 Å². The van der Waals surface area contributed by atoms with Gasteiger partial charge in [-0.25, -0.2) is 0 Å². The highest BCUT2D eigenvalue weighted by Crippen LogP contribution is 2.38. The van der Waals surface area contributed by atoms with Crippen LogP contribution in [-0.4, -0.2) is 25.3 Å². The highest BCUT2D eigenvalue weighted by Gasteiger charge is 2.21. The predicted molar refractivity (Wildman–Crippen MR) is 88.3 cm³/mol. The molecule has 4 nitrogen and oxygen atoms in total. The van der Waals surface area contributed by atoms with Gasteiger partial charge in [0.2, 0.25) is 0 Å². The fourth-order valence-corrected chi connectivity index (χ4v) is 3.55. The molecule has 1 N–H and O–H groups in total. The molecule has 0 saturated carbocycles. The zero-order valence-corrected chi connectivity index (χ0v) is 13.1. The third kappa shape index (κ3) is 3.31. The summed E-state index contributed by atoms with van der Waals surface area (Å²) in [6, 6.07) is 16.6. The maximum atomic E-state index is 10.8. The van der Waals surface area contributed by atoms with Crippen molar-refractivity contribution >= 4 is 21.5 Å². The van der Waals surface area contributed by atoms with Crippen LogP contribution in [0.25, 0.3) is 0 Å². The van der Waals surface area contributed by atoms with Gasteiger partial charge in [0, 0.05) is 24.3 Å². The third-order valence-electron chi connectivity index (χ3n) is 3.98. The normalized spacial score (nSPS) is 13.6. The van der Waals surface area contributed by atoms with E-state index in [1.807, 2.05) is 24.3 Å². The molecule has 1 aliphatic heterocycles. The lowest BCUT2D eigenvalue weighted by atomic mass is 9.95. The molecule has 22 heavy (non-hydrogen) atoms. The SMILES string of the molecule is O=S(=O)(O)CCCCN1c2ccccc2Cc2ccccc21. The summed E-state index contributed by atoms with van der Waals surface area (Å²) in [5, 5.41) is 0. The lowest BCUT2D eigenvalue weighted by Gasteiger charge is -2.33. The van der Waals surface area contributed by atoms with Gasteiger partial charge < -0.3 is 4.90 Å². The first-order chi connectivity index (χ1) is 10.5. The summed E-state index contributed by atoms with van der Waals surface area (Å²) < 4.78 is 30.5. The van der Waals surface area contributed by atoms with Crippen molar-refractivity contribution in [2.24, 2.45) is 0 Å². The molecule has 0 amide bonds. The Morgan fingerprint density at radius 3 is 2.00 bits per heavy atom. The fourth-order valence-electron chi connectivity index (χ4n) is 2.98. The molecule has 2 aromatic rings. The van der Waals surface area contributed by atoms with Gasteiger partial charge in [-0.3, -0.25) is 4.55 Å². The number of rotatable bonds is 5. The van der Waals surface area contributed by atoms with E-state index in [0.717, 1.165) is 13.0 Å². The Bertz CT molecular complexity index is 725. The Labute approximate surface area is 131 Å². The first-order valence-corrected chi connectivity index (χ1v) is 9.04. The van der Waals surface area contributed by atoms with Gasteiger partial charge in [0.05, 0.1) is 5.75 Å².